The molecule has 0 saturated carbocycles. The first-order valence-corrected chi connectivity index (χ1v) is 10.3. The second-order valence-corrected chi connectivity index (χ2v) is 7.46. The molecule has 0 radical (unpaired) electrons. The topological polar surface area (TPSA) is 63.9 Å². The zero-order valence-electron chi connectivity index (χ0n) is 16.9. The Hall–Kier alpha value is -3.25. The summed E-state index contributed by atoms with van der Waals surface area (Å²) in [5, 5.41) is 4.66. The number of ether oxygens (including phenoxy) is 1. The number of carbonyl (C=O) groups is 2. The number of nitrogens with zero attached hydrogens (tertiary/aromatic N) is 3. The molecule has 1 aliphatic heterocycles. The van der Waals surface area contributed by atoms with Crippen LogP contribution in [0, 0.1) is 0 Å². The van der Waals surface area contributed by atoms with Crippen molar-refractivity contribution in [3.05, 3.63) is 66.4 Å². The van der Waals surface area contributed by atoms with Gasteiger partial charge in [0.2, 0.25) is 0 Å². The number of aromatic nitrogens is 2. The van der Waals surface area contributed by atoms with Crippen molar-refractivity contribution in [2.75, 3.05) is 19.8 Å². The van der Waals surface area contributed by atoms with E-state index in [9.17, 15) is 9.59 Å². The fraction of sp³-hybridized carbons (Fsp3) is 0.292. The number of fused-ring (bicyclic) bond motifs is 1. The first kappa shape index (κ1) is 20.0. The van der Waals surface area contributed by atoms with Crippen molar-refractivity contribution in [1.29, 1.82) is 0 Å². The number of esters is 1. The Balaban J connectivity index is 1.45. The quantitative estimate of drug-likeness (QED) is 0.339. The lowest BCUT2D eigenvalue weighted by atomic mass is 10.1. The molecule has 1 fully saturated rings. The normalized spacial score (nSPS) is 14.9. The first-order chi connectivity index (χ1) is 14.7. The summed E-state index contributed by atoms with van der Waals surface area (Å²) >= 11 is 0. The van der Waals surface area contributed by atoms with Crippen molar-refractivity contribution in [3.8, 4) is 11.3 Å². The highest BCUT2D eigenvalue weighted by molar-refractivity contribution is 6.05. The molecular formula is C24H25N3O3. The average Bonchev–Trinajstić information content (AvgIpc) is 3.16. The summed E-state index contributed by atoms with van der Waals surface area (Å²) in [5.41, 5.74) is 3.50. The Labute approximate surface area is 175 Å². The van der Waals surface area contributed by atoms with Gasteiger partial charge >= 0.3 is 5.97 Å². The number of ketones is 1. The van der Waals surface area contributed by atoms with Gasteiger partial charge < -0.3 is 4.74 Å². The summed E-state index contributed by atoms with van der Waals surface area (Å²) in [5.74, 6) is -0.772. The molecule has 1 aromatic carbocycles. The lowest BCUT2D eigenvalue weighted by molar-refractivity contribution is -0.150. The van der Waals surface area contributed by atoms with E-state index in [2.05, 4.69) is 10.00 Å². The number of carbonyl (C=O) groups excluding carboxylic acids is 2. The van der Waals surface area contributed by atoms with Gasteiger partial charge in [-0.2, -0.15) is 5.10 Å². The molecule has 1 saturated heterocycles. The number of benzene rings is 1. The van der Waals surface area contributed by atoms with Crippen LogP contribution in [-0.4, -0.2) is 46.1 Å². The van der Waals surface area contributed by atoms with Gasteiger partial charge in [-0.3, -0.25) is 14.5 Å². The van der Waals surface area contributed by atoms with Crippen LogP contribution in [-0.2, 0) is 14.3 Å². The smallest absolute Gasteiger partial charge is 0.314 e. The van der Waals surface area contributed by atoms with Crippen molar-refractivity contribution in [1.82, 2.24) is 14.5 Å². The van der Waals surface area contributed by atoms with E-state index in [4.69, 9.17) is 4.74 Å². The van der Waals surface area contributed by atoms with Crippen molar-refractivity contribution in [3.63, 3.8) is 0 Å². The van der Waals surface area contributed by atoms with Crippen LogP contribution < -0.4 is 0 Å². The molecule has 0 amide bonds. The molecule has 1 aliphatic rings. The molecule has 2 aromatic heterocycles. The number of piperidine rings is 1. The minimum absolute atomic E-state index is 0.260. The summed E-state index contributed by atoms with van der Waals surface area (Å²) < 4.78 is 7.06. The van der Waals surface area contributed by atoms with Crippen LogP contribution in [0.25, 0.3) is 22.9 Å². The van der Waals surface area contributed by atoms with Crippen LogP contribution in [0.5, 0.6) is 0 Å². The number of likely N-dealkylation sites (tertiary alicyclic amines) is 1. The summed E-state index contributed by atoms with van der Waals surface area (Å²) in [6.45, 7) is 2.15. The maximum absolute atomic E-state index is 12.4. The van der Waals surface area contributed by atoms with E-state index in [-0.39, 0.29) is 18.9 Å². The Morgan fingerprint density at radius 1 is 1.00 bits per heavy atom. The van der Waals surface area contributed by atoms with Gasteiger partial charge in [0.1, 0.15) is 18.8 Å². The van der Waals surface area contributed by atoms with Gasteiger partial charge in [0.05, 0.1) is 5.52 Å². The Morgan fingerprint density at radius 3 is 2.57 bits per heavy atom. The van der Waals surface area contributed by atoms with Crippen LogP contribution in [0.1, 0.15) is 31.2 Å². The third-order valence-corrected chi connectivity index (χ3v) is 5.24. The van der Waals surface area contributed by atoms with E-state index in [1.165, 1.54) is 12.5 Å². The van der Waals surface area contributed by atoms with Gasteiger partial charge in [0.25, 0.3) is 0 Å². The molecule has 3 aromatic rings. The molecule has 0 unspecified atom stereocenters. The Morgan fingerprint density at radius 2 is 1.77 bits per heavy atom. The molecule has 154 valence electrons. The first-order valence-electron chi connectivity index (χ1n) is 10.3. The molecular weight excluding hydrogens is 378 g/mol. The van der Waals surface area contributed by atoms with Crippen molar-refractivity contribution in [2.24, 2.45) is 0 Å². The lowest BCUT2D eigenvalue weighted by Gasteiger charge is -2.25. The standard InChI is InChI=1S/C24H25N3O3/c28-20(17-23(29)30-18-26-14-6-2-7-15-26)12-13-21-22-11-5-8-16-27(22)25-24(21)19-9-3-1-4-10-19/h1,3-5,8-13,16H,2,6-7,14-15,17-18H2/b13-12+. The highest BCUT2D eigenvalue weighted by Crippen LogP contribution is 2.27. The highest BCUT2D eigenvalue weighted by atomic mass is 16.5. The van der Waals surface area contributed by atoms with Gasteiger partial charge in [0, 0.05) is 30.4 Å². The van der Waals surface area contributed by atoms with Crippen LogP contribution in [0.2, 0.25) is 0 Å². The second-order valence-electron chi connectivity index (χ2n) is 7.46. The summed E-state index contributed by atoms with van der Waals surface area (Å²) in [6, 6.07) is 15.6. The minimum Gasteiger partial charge on any atom is -0.449 e. The van der Waals surface area contributed by atoms with Crippen LogP contribution in [0.4, 0.5) is 0 Å². The predicted molar refractivity (Wildman–Crippen MR) is 116 cm³/mol. The molecule has 0 bridgehead atoms. The van der Waals surface area contributed by atoms with Crippen molar-refractivity contribution < 1.29 is 14.3 Å². The second kappa shape index (κ2) is 9.50. The van der Waals surface area contributed by atoms with Crippen LogP contribution >= 0.6 is 0 Å². The molecule has 0 spiro atoms. The Kier molecular flexibility index (Phi) is 6.35. The molecule has 4 rings (SSSR count). The predicted octanol–water partition coefficient (Wildman–Crippen LogP) is 3.96. The summed E-state index contributed by atoms with van der Waals surface area (Å²) in [4.78, 5) is 26.5. The van der Waals surface area contributed by atoms with Crippen LogP contribution in [0.3, 0.4) is 0 Å². The van der Waals surface area contributed by atoms with E-state index in [1.807, 2.05) is 54.7 Å². The lowest BCUT2D eigenvalue weighted by Crippen LogP contribution is -2.33. The number of hydrogen-bond donors (Lipinski definition) is 0. The van der Waals surface area contributed by atoms with Crippen molar-refractivity contribution >= 4 is 23.3 Å². The summed E-state index contributed by atoms with van der Waals surface area (Å²) in [6.07, 6.45) is 8.28. The maximum atomic E-state index is 12.4. The van der Waals surface area contributed by atoms with E-state index in [0.29, 0.717) is 0 Å². The van der Waals surface area contributed by atoms with Gasteiger partial charge in [-0.25, -0.2) is 4.52 Å². The third-order valence-electron chi connectivity index (χ3n) is 5.24. The fourth-order valence-electron chi connectivity index (χ4n) is 3.67. The maximum Gasteiger partial charge on any atom is 0.314 e. The van der Waals surface area contributed by atoms with Gasteiger partial charge in [0.15, 0.2) is 5.78 Å². The SMILES string of the molecule is O=C(/C=C/c1c(-c2ccccc2)nn2ccccc12)CC(=O)OCN1CCCCC1. The zero-order valence-corrected chi connectivity index (χ0v) is 16.9. The highest BCUT2D eigenvalue weighted by Gasteiger charge is 2.15. The van der Waals surface area contributed by atoms with Crippen molar-refractivity contribution in [2.45, 2.75) is 25.7 Å². The largest absolute Gasteiger partial charge is 0.449 e. The monoisotopic (exact) mass is 403 g/mol. The average molecular weight is 403 g/mol. The molecule has 3 heterocycles. The van der Waals surface area contributed by atoms with Gasteiger partial charge in [-0.15, -0.1) is 0 Å². The molecule has 0 N–H and O–H groups in total. The number of allylic oxidation sites excluding steroid dienone is 1. The molecule has 6 nitrogen and oxygen atoms in total. The Bertz CT molecular complexity index is 1050. The third kappa shape index (κ3) is 4.83. The molecule has 6 heteroatoms. The van der Waals surface area contributed by atoms with Gasteiger partial charge in [-0.1, -0.05) is 42.8 Å². The molecule has 30 heavy (non-hydrogen) atoms. The number of rotatable bonds is 7. The van der Waals surface area contributed by atoms with E-state index in [1.54, 1.807) is 10.6 Å². The van der Waals surface area contributed by atoms with Crippen LogP contribution in [0.15, 0.2) is 60.8 Å². The number of pyridine rings is 1. The minimum atomic E-state index is -0.488. The van der Waals surface area contributed by atoms with Gasteiger partial charge in [-0.05, 0) is 37.1 Å². The number of hydrogen-bond acceptors (Lipinski definition) is 5. The summed E-state index contributed by atoms with van der Waals surface area (Å²) in [7, 11) is 0. The molecule has 0 aliphatic carbocycles. The zero-order chi connectivity index (χ0) is 20.8. The van der Waals surface area contributed by atoms with E-state index < -0.39 is 5.97 Å². The van der Waals surface area contributed by atoms with E-state index in [0.717, 1.165) is 48.3 Å². The fourth-order valence-corrected chi connectivity index (χ4v) is 3.67. The molecule has 0 atom stereocenters. The van der Waals surface area contributed by atoms with E-state index >= 15 is 0 Å².